The average Bonchev–Trinajstić information content (AvgIpc) is 2.99. The summed E-state index contributed by atoms with van der Waals surface area (Å²) in [6.45, 7) is 0. The lowest BCUT2D eigenvalue weighted by Crippen LogP contribution is -2.42. The fraction of sp³-hybridized carbons (Fsp3) is 0.500. The Morgan fingerprint density at radius 1 is 1.19 bits per heavy atom. The highest BCUT2D eigenvalue weighted by atomic mass is 16.4. The van der Waals surface area contributed by atoms with Crippen LogP contribution in [0, 0.1) is 0 Å². The molecule has 0 aromatic heterocycles. The first kappa shape index (κ1) is 9.88. The van der Waals surface area contributed by atoms with E-state index >= 15 is 0 Å². The second-order valence-electron chi connectivity index (χ2n) is 5.14. The molecule has 2 heteroatoms. The topological polar surface area (TPSA) is 37.3 Å². The van der Waals surface area contributed by atoms with Crippen molar-refractivity contribution in [2.75, 3.05) is 0 Å². The lowest BCUT2D eigenvalue weighted by atomic mass is 9.64. The first-order chi connectivity index (χ1) is 7.72. The Kier molecular flexibility index (Phi) is 2.06. The van der Waals surface area contributed by atoms with Gasteiger partial charge in [0.1, 0.15) is 0 Å². The molecule has 0 radical (unpaired) electrons. The van der Waals surface area contributed by atoms with Crippen molar-refractivity contribution in [1.29, 1.82) is 0 Å². The van der Waals surface area contributed by atoms with Gasteiger partial charge in [0.15, 0.2) is 0 Å². The summed E-state index contributed by atoms with van der Waals surface area (Å²) in [4.78, 5) is 11.3. The lowest BCUT2D eigenvalue weighted by Gasteiger charge is -2.38. The van der Waals surface area contributed by atoms with E-state index in [1.54, 1.807) is 0 Å². The van der Waals surface area contributed by atoms with E-state index in [4.69, 9.17) is 0 Å². The van der Waals surface area contributed by atoms with Gasteiger partial charge in [0.2, 0.25) is 0 Å². The van der Waals surface area contributed by atoms with Crippen LogP contribution in [0.4, 0.5) is 0 Å². The van der Waals surface area contributed by atoms with Gasteiger partial charge < -0.3 is 5.11 Å². The molecule has 3 rings (SSSR count). The molecule has 0 amide bonds. The van der Waals surface area contributed by atoms with Crippen LogP contribution in [0.1, 0.15) is 49.1 Å². The molecule has 0 atom stereocenters. The molecule has 0 aliphatic heterocycles. The highest BCUT2D eigenvalue weighted by Gasteiger charge is 2.45. The maximum absolute atomic E-state index is 11.3. The second kappa shape index (κ2) is 3.34. The zero-order valence-electron chi connectivity index (χ0n) is 9.28. The van der Waals surface area contributed by atoms with Crippen molar-refractivity contribution in [2.24, 2.45) is 0 Å². The van der Waals surface area contributed by atoms with Crippen LogP contribution in [0.25, 0.3) is 0 Å². The molecule has 2 aliphatic carbocycles. The van der Waals surface area contributed by atoms with Crippen molar-refractivity contribution in [3.8, 4) is 0 Å². The molecule has 2 fully saturated rings. The van der Waals surface area contributed by atoms with E-state index in [2.05, 4.69) is 12.1 Å². The van der Waals surface area contributed by atoms with Gasteiger partial charge in [-0.05, 0) is 42.7 Å². The average molecular weight is 216 g/mol. The maximum atomic E-state index is 11.3. The number of carbonyl (C=O) groups is 1. The molecule has 0 unspecified atom stereocenters. The summed E-state index contributed by atoms with van der Waals surface area (Å²) in [5.74, 6) is 0.0918. The van der Waals surface area contributed by atoms with Crippen molar-refractivity contribution in [2.45, 2.75) is 43.4 Å². The van der Waals surface area contributed by atoms with Gasteiger partial charge in [-0.3, -0.25) is 4.79 Å². The lowest BCUT2D eigenvalue weighted by molar-refractivity contribution is -0.147. The molecule has 1 aromatic rings. The molecule has 0 saturated heterocycles. The maximum Gasteiger partial charge on any atom is 0.314 e. The van der Waals surface area contributed by atoms with Gasteiger partial charge >= 0.3 is 5.97 Å². The highest BCUT2D eigenvalue weighted by Crippen LogP contribution is 2.45. The van der Waals surface area contributed by atoms with E-state index in [1.165, 1.54) is 18.4 Å². The number of rotatable bonds is 3. The Labute approximate surface area is 95.3 Å². The Morgan fingerprint density at radius 3 is 2.19 bits per heavy atom. The molecule has 2 saturated carbocycles. The third-order valence-electron chi connectivity index (χ3n) is 4.13. The van der Waals surface area contributed by atoms with E-state index in [9.17, 15) is 9.90 Å². The zero-order valence-corrected chi connectivity index (χ0v) is 9.28. The Hall–Kier alpha value is -1.31. The molecule has 2 nitrogen and oxygen atoms in total. The van der Waals surface area contributed by atoms with Gasteiger partial charge in [0.05, 0.1) is 5.41 Å². The van der Waals surface area contributed by atoms with Crippen molar-refractivity contribution in [1.82, 2.24) is 0 Å². The van der Waals surface area contributed by atoms with Crippen LogP contribution in [0.2, 0.25) is 0 Å². The summed E-state index contributed by atoms with van der Waals surface area (Å²) in [7, 11) is 0. The summed E-state index contributed by atoms with van der Waals surface area (Å²) < 4.78 is 0. The van der Waals surface area contributed by atoms with Crippen LogP contribution in [0.5, 0.6) is 0 Å². The van der Waals surface area contributed by atoms with E-state index in [-0.39, 0.29) is 0 Å². The molecule has 0 bridgehead atoms. The smallest absolute Gasteiger partial charge is 0.314 e. The van der Waals surface area contributed by atoms with E-state index in [0.29, 0.717) is 0 Å². The van der Waals surface area contributed by atoms with Crippen molar-refractivity contribution in [3.05, 3.63) is 35.4 Å². The number of hydrogen-bond donors (Lipinski definition) is 1. The minimum atomic E-state index is -0.655. The Morgan fingerprint density at radius 2 is 1.81 bits per heavy atom. The highest BCUT2D eigenvalue weighted by molar-refractivity contribution is 5.82. The van der Waals surface area contributed by atoms with Crippen LogP contribution in [0.15, 0.2) is 24.3 Å². The Balaban J connectivity index is 1.90. The van der Waals surface area contributed by atoms with Gasteiger partial charge in [0.25, 0.3) is 0 Å². The monoisotopic (exact) mass is 216 g/mol. The molecule has 16 heavy (non-hydrogen) atoms. The standard InChI is InChI=1S/C14H16O2/c15-13(16)14(8-1-9-14)12-6-4-11(5-7-12)10-2-3-10/h4-7,10H,1-3,8-9H2,(H,15,16). The fourth-order valence-electron chi connectivity index (χ4n) is 2.65. The predicted octanol–water partition coefficient (Wildman–Crippen LogP) is 3.07. The summed E-state index contributed by atoms with van der Waals surface area (Å²) in [5, 5.41) is 9.33. The SMILES string of the molecule is O=C(O)C1(c2ccc(C3CC3)cc2)CCC1. The predicted molar refractivity (Wildman–Crippen MR) is 61.6 cm³/mol. The van der Waals surface area contributed by atoms with Crippen molar-refractivity contribution >= 4 is 5.97 Å². The van der Waals surface area contributed by atoms with Crippen LogP contribution < -0.4 is 0 Å². The van der Waals surface area contributed by atoms with Gasteiger partial charge in [-0.25, -0.2) is 0 Å². The fourth-order valence-corrected chi connectivity index (χ4v) is 2.65. The quantitative estimate of drug-likeness (QED) is 0.843. The summed E-state index contributed by atoms with van der Waals surface area (Å²) in [6, 6.07) is 8.30. The summed E-state index contributed by atoms with van der Waals surface area (Å²) >= 11 is 0. The third kappa shape index (κ3) is 1.36. The normalized spacial score (nSPS) is 22.5. The number of carboxylic acid groups (broad SMARTS) is 1. The van der Waals surface area contributed by atoms with E-state index in [1.807, 2.05) is 12.1 Å². The van der Waals surface area contributed by atoms with Gasteiger partial charge in [-0.2, -0.15) is 0 Å². The van der Waals surface area contributed by atoms with Gasteiger partial charge in [-0.1, -0.05) is 30.7 Å². The molecule has 2 aliphatic rings. The molecule has 1 aromatic carbocycles. The number of benzene rings is 1. The van der Waals surface area contributed by atoms with Crippen LogP contribution in [-0.2, 0) is 10.2 Å². The van der Waals surface area contributed by atoms with Crippen molar-refractivity contribution < 1.29 is 9.90 Å². The first-order valence-corrected chi connectivity index (χ1v) is 6.06. The van der Waals surface area contributed by atoms with E-state index in [0.717, 1.165) is 30.7 Å². The molecular weight excluding hydrogens is 200 g/mol. The van der Waals surface area contributed by atoms with Crippen LogP contribution >= 0.6 is 0 Å². The molecule has 1 N–H and O–H groups in total. The molecule has 84 valence electrons. The largest absolute Gasteiger partial charge is 0.481 e. The number of carboxylic acids is 1. The molecular formula is C14H16O2. The number of hydrogen-bond acceptors (Lipinski definition) is 1. The minimum Gasteiger partial charge on any atom is -0.481 e. The Bertz CT molecular complexity index is 411. The molecule has 0 heterocycles. The summed E-state index contributed by atoms with van der Waals surface area (Å²) in [5.41, 5.74) is 1.81. The van der Waals surface area contributed by atoms with Gasteiger partial charge in [0, 0.05) is 0 Å². The summed E-state index contributed by atoms with van der Waals surface area (Å²) in [6.07, 6.45) is 5.22. The zero-order chi connectivity index (χ0) is 11.2. The third-order valence-corrected chi connectivity index (χ3v) is 4.13. The second-order valence-corrected chi connectivity index (χ2v) is 5.14. The van der Waals surface area contributed by atoms with Crippen LogP contribution in [0.3, 0.4) is 0 Å². The number of aliphatic carboxylic acids is 1. The van der Waals surface area contributed by atoms with E-state index < -0.39 is 11.4 Å². The minimum absolute atomic E-state index is 0.567. The molecule has 0 spiro atoms. The van der Waals surface area contributed by atoms with Gasteiger partial charge in [-0.15, -0.1) is 0 Å². The van der Waals surface area contributed by atoms with Crippen molar-refractivity contribution in [3.63, 3.8) is 0 Å². The first-order valence-electron chi connectivity index (χ1n) is 6.06. The van der Waals surface area contributed by atoms with Crippen LogP contribution in [-0.4, -0.2) is 11.1 Å².